The molecule has 0 atom stereocenters. The van der Waals surface area contributed by atoms with E-state index in [9.17, 15) is 4.79 Å². The maximum atomic E-state index is 12.8. The molecular formula is C21H18Cl3N3O2S. The maximum Gasteiger partial charge on any atom is 0.249 e. The first-order chi connectivity index (χ1) is 14.5. The molecule has 4 rings (SSSR count). The largest absolute Gasteiger partial charge is 0.419 e. The number of thioether (sulfide) groups is 1. The molecule has 0 saturated heterocycles. The van der Waals surface area contributed by atoms with Crippen molar-refractivity contribution < 1.29 is 9.21 Å². The van der Waals surface area contributed by atoms with Crippen molar-refractivity contribution in [3.63, 3.8) is 0 Å². The minimum absolute atomic E-state index is 0.0307. The van der Waals surface area contributed by atoms with Gasteiger partial charge in [-0.15, -0.1) is 22.0 Å². The summed E-state index contributed by atoms with van der Waals surface area (Å²) in [6, 6.07) is 12.9. The van der Waals surface area contributed by atoms with Gasteiger partial charge in [0.25, 0.3) is 0 Å². The van der Waals surface area contributed by atoms with Crippen LogP contribution in [0.25, 0.3) is 11.5 Å². The van der Waals surface area contributed by atoms with Crippen molar-refractivity contribution >= 4 is 52.5 Å². The summed E-state index contributed by atoms with van der Waals surface area (Å²) in [7, 11) is 0. The van der Waals surface area contributed by atoms with Gasteiger partial charge in [0.2, 0.25) is 17.7 Å². The minimum Gasteiger partial charge on any atom is -0.419 e. The second-order valence-electron chi connectivity index (χ2n) is 6.93. The lowest BCUT2D eigenvalue weighted by Crippen LogP contribution is -2.34. The number of carbonyl (C=O) groups excluding carboxylic acids is 1. The highest BCUT2D eigenvalue weighted by Crippen LogP contribution is 2.32. The molecule has 0 unspecified atom stereocenters. The zero-order valence-electron chi connectivity index (χ0n) is 15.9. The summed E-state index contributed by atoms with van der Waals surface area (Å²) in [5, 5.41) is 9.95. The van der Waals surface area contributed by atoms with E-state index in [2.05, 4.69) is 10.2 Å². The molecule has 0 spiro atoms. The van der Waals surface area contributed by atoms with Crippen LogP contribution < -0.4 is 0 Å². The molecule has 0 bridgehead atoms. The molecule has 1 fully saturated rings. The van der Waals surface area contributed by atoms with Gasteiger partial charge in [-0.2, -0.15) is 0 Å². The molecule has 1 saturated carbocycles. The Hall–Kier alpha value is -1.73. The van der Waals surface area contributed by atoms with Crippen molar-refractivity contribution in [3.8, 4) is 11.5 Å². The van der Waals surface area contributed by atoms with Crippen LogP contribution in [0.15, 0.2) is 46.9 Å². The lowest BCUT2D eigenvalue weighted by atomic mass is 10.2. The predicted octanol–water partition coefficient (Wildman–Crippen LogP) is 6.12. The third-order valence-electron chi connectivity index (χ3n) is 4.72. The molecule has 1 aliphatic carbocycles. The number of rotatable bonds is 8. The molecule has 156 valence electrons. The topological polar surface area (TPSA) is 59.2 Å². The normalized spacial score (nSPS) is 13.4. The zero-order chi connectivity index (χ0) is 21.1. The van der Waals surface area contributed by atoms with Gasteiger partial charge < -0.3 is 9.32 Å². The van der Waals surface area contributed by atoms with Gasteiger partial charge in [-0.25, -0.2) is 0 Å². The number of aromatic nitrogens is 2. The Bertz CT molecular complexity index is 1040. The van der Waals surface area contributed by atoms with E-state index in [0.717, 1.165) is 18.4 Å². The average molecular weight is 483 g/mol. The SMILES string of the molecule is O=C(CSCc1c(Cl)cccc1Cl)N(Cc1nnc(-c2ccccc2Cl)o1)C1CC1. The molecule has 1 amide bonds. The summed E-state index contributed by atoms with van der Waals surface area (Å²) >= 11 is 20.1. The van der Waals surface area contributed by atoms with Crippen molar-refractivity contribution in [1.29, 1.82) is 0 Å². The quantitative estimate of drug-likeness (QED) is 0.387. The van der Waals surface area contributed by atoms with Crippen LogP contribution in [0.1, 0.15) is 24.3 Å². The molecule has 0 N–H and O–H groups in total. The Morgan fingerprint density at radius 1 is 1.03 bits per heavy atom. The van der Waals surface area contributed by atoms with Crippen LogP contribution in [0, 0.1) is 0 Å². The number of halogens is 3. The Morgan fingerprint density at radius 2 is 1.73 bits per heavy atom. The van der Waals surface area contributed by atoms with Crippen molar-refractivity contribution in [2.24, 2.45) is 0 Å². The van der Waals surface area contributed by atoms with E-state index in [-0.39, 0.29) is 18.5 Å². The van der Waals surface area contributed by atoms with Crippen molar-refractivity contribution in [1.82, 2.24) is 15.1 Å². The van der Waals surface area contributed by atoms with E-state index in [4.69, 9.17) is 39.2 Å². The van der Waals surface area contributed by atoms with Crippen LogP contribution in [0.2, 0.25) is 15.1 Å². The predicted molar refractivity (Wildman–Crippen MR) is 121 cm³/mol. The van der Waals surface area contributed by atoms with Gasteiger partial charge in [0.15, 0.2) is 0 Å². The van der Waals surface area contributed by atoms with Gasteiger partial charge in [0, 0.05) is 21.8 Å². The Morgan fingerprint density at radius 3 is 2.43 bits per heavy atom. The van der Waals surface area contributed by atoms with Crippen LogP contribution >= 0.6 is 46.6 Å². The van der Waals surface area contributed by atoms with Crippen molar-refractivity contribution in [2.75, 3.05) is 5.75 Å². The van der Waals surface area contributed by atoms with Gasteiger partial charge in [0.05, 0.1) is 22.9 Å². The number of hydrogen-bond acceptors (Lipinski definition) is 5. The molecule has 0 radical (unpaired) electrons. The minimum atomic E-state index is 0.0307. The molecular weight excluding hydrogens is 465 g/mol. The first-order valence-corrected chi connectivity index (χ1v) is 11.7. The summed E-state index contributed by atoms with van der Waals surface area (Å²) in [6.07, 6.45) is 1.97. The number of nitrogens with zero attached hydrogens (tertiary/aromatic N) is 3. The van der Waals surface area contributed by atoms with Gasteiger partial charge >= 0.3 is 0 Å². The second-order valence-corrected chi connectivity index (χ2v) is 9.13. The van der Waals surface area contributed by atoms with Crippen LogP contribution in [0.3, 0.4) is 0 Å². The van der Waals surface area contributed by atoms with E-state index >= 15 is 0 Å². The standard InChI is InChI=1S/C21H18Cl3N3O2S/c22-16-5-2-1-4-14(16)21-26-25-19(29-21)10-27(13-8-9-13)20(28)12-30-11-15-17(23)6-3-7-18(15)24/h1-7,13H,8-12H2. The maximum absolute atomic E-state index is 12.8. The van der Waals surface area contributed by atoms with Gasteiger partial charge in [-0.3, -0.25) is 4.79 Å². The lowest BCUT2D eigenvalue weighted by Gasteiger charge is -2.20. The lowest BCUT2D eigenvalue weighted by molar-refractivity contribution is -0.129. The van der Waals surface area contributed by atoms with Crippen LogP contribution in [-0.2, 0) is 17.1 Å². The molecule has 1 heterocycles. The molecule has 1 aromatic heterocycles. The summed E-state index contributed by atoms with van der Waals surface area (Å²) in [4.78, 5) is 14.7. The molecule has 0 aliphatic heterocycles. The molecule has 3 aromatic rings. The van der Waals surface area contributed by atoms with Gasteiger partial charge in [-0.05, 0) is 42.7 Å². The van der Waals surface area contributed by atoms with Crippen molar-refractivity contribution in [2.45, 2.75) is 31.2 Å². The second kappa shape index (κ2) is 9.60. The number of benzene rings is 2. The van der Waals surface area contributed by atoms with Gasteiger partial charge in [-0.1, -0.05) is 53.0 Å². The summed E-state index contributed by atoms with van der Waals surface area (Å²) < 4.78 is 5.77. The van der Waals surface area contributed by atoms with E-state index in [0.29, 0.717) is 43.9 Å². The molecule has 2 aromatic carbocycles. The van der Waals surface area contributed by atoms with E-state index in [1.165, 1.54) is 11.8 Å². The fourth-order valence-corrected chi connectivity index (χ4v) is 4.87. The van der Waals surface area contributed by atoms with Crippen molar-refractivity contribution in [3.05, 3.63) is 69.0 Å². The highest BCUT2D eigenvalue weighted by atomic mass is 35.5. The average Bonchev–Trinajstić information content (AvgIpc) is 3.46. The third kappa shape index (κ3) is 5.11. The van der Waals surface area contributed by atoms with Crippen LogP contribution in [0.5, 0.6) is 0 Å². The summed E-state index contributed by atoms with van der Waals surface area (Å²) in [5.74, 6) is 1.66. The van der Waals surface area contributed by atoms with E-state index < -0.39 is 0 Å². The van der Waals surface area contributed by atoms with Crippen LogP contribution in [0.4, 0.5) is 0 Å². The molecule has 5 nitrogen and oxygen atoms in total. The highest BCUT2D eigenvalue weighted by molar-refractivity contribution is 7.99. The Kier molecular flexibility index (Phi) is 6.88. The zero-order valence-corrected chi connectivity index (χ0v) is 18.9. The number of hydrogen-bond donors (Lipinski definition) is 0. The van der Waals surface area contributed by atoms with E-state index in [1.54, 1.807) is 24.3 Å². The summed E-state index contributed by atoms with van der Waals surface area (Å²) in [6.45, 7) is 0.286. The third-order valence-corrected chi connectivity index (χ3v) is 6.70. The number of carbonyl (C=O) groups is 1. The first-order valence-electron chi connectivity index (χ1n) is 9.40. The number of amides is 1. The molecule has 30 heavy (non-hydrogen) atoms. The van der Waals surface area contributed by atoms with Gasteiger partial charge in [0.1, 0.15) is 0 Å². The molecule has 1 aliphatic rings. The Balaban J connectivity index is 1.39. The fraction of sp³-hybridized carbons (Fsp3) is 0.286. The monoisotopic (exact) mass is 481 g/mol. The van der Waals surface area contributed by atoms with E-state index in [1.807, 2.05) is 23.1 Å². The smallest absolute Gasteiger partial charge is 0.249 e. The first kappa shape index (κ1) is 21.5. The Labute approximate surface area is 193 Å². The molecule has 9 heteroatoms. The van der Waals surface area contributed by atoms with Crippen LogP contribution in [-0.4, -0.2) is 32.8 Å². The fourth-order valence-electron chi connectivity index (χ4n) is 3.01. The summed E-state index contributed by atoms with van der Waals surface area (Å²) in [5.41, 5.74) is 1.52. The highest BCUT2D eigenvalue weighted by Gasteiger charge is 2.33.